The molecule has 0 aromatic heterocycles. The monoisotopic (exact) mass is 257 g/mol. The molecule has 0 heterocycles. The van der Waals surface area contributed by atoms with Crippen molar-refractivity contribution in [3.63, 3.8) is 0 Å². The van der Waals surface area contributed by atoms with Crippen LogP contribution >= 0.6 is 0 Å². The van der Waals surface area contributed by atoms with Gasteiger partial charge in [-0.1, -0.05) is 30.3 Å². The van der Waals surface area contributed by atoms with Crippen molar-refractivity contribution in [1.29, 1.82) is 0 Å². The Morgan fingerprint density at radius 2 is 1.74 bits per heavy atom. The Balaban J connectivity index is 1.85. The molecule has 0 radical (unpaired) electrons. The van der Waals surface area contributed by atoms with Crippen molar-refractivity contribution in [2.75, 3.05) is 5.32 Å². The number of urea groups is 1. The van der Waals surface area contributed by atoms with Gasteiger partial charge in [-0.2, -0.15) is 5.10 Å². The van der Waals surface area contributed by atoms with E-state index < -0.39 is 6.03 Å². The van der Waals surface area contributed by atoms with E-state index in [2.05, 4.69) is 15.8 Å². The molecule has 4 nitrogen and oxygen atoms in total. The van der Waals surface area contributed by atoms with Crippen LogP contribution in [0.1, 0.15) is 5.56 Å². The first-order valence-electron chi connectivity index (χ1n) is 5.65. The summed E-state index contributed by atoms with van der Waals surface area (Å²) in [5, 5.41) is 6.37. The normalized spacial score (nSPS) is 10.4. The molecular weight excluding hydrogens is 245 g/mol. The second-order valence-electron chi connectivity index (χ2n) is 3.74. The third-order valence-electron chi connectivity index (χ3n) is 2.28. The zero-order chi connectivity index (χ0) is 13.5. The molecule has 2 aromatic carbocycles. The van der Waals surface area contributed by atoms with Crippen LogP contribution in [0.25, 0.3) is 0 Å². The summed E-state index contributed by atoms with van der Waals surface area (Å²) >= 11 is 0. The van der Waals surface area contributed by atoms with E-state index in [0.717, 1.165) is 0 Å². The summed E-state index contributed by atoms with van der Waals surface area (Å²) in [6, 6.07) is 14.4. The number of anilines is 1. The maximum atomic E-state index is 12.7. The largest absolute Gasteiger partial charge is 0.339 e. The third-order valence-corrected chi connectivity index (χ3v) is 2.28. The number of nitrogens with zero attached hydrogens (tertiary/aromatic N) is 1. The molecule has 0 aliphatic rings. The standard InChI is InChI=1S/C14H12FN3O/c15-12-8-6-11(7-9-12)10-16-18-14(19)17-13-4-2-1-3-5-13/h1-10H,(H2,17,18,19)/b16-10+. The molecule has 0 saturated heterocycles. The van der Waals surface area contributed by atoms with Crippen LogP contribution in [-0.4, -0.2) is 12.2 Å². The Hall–Kier alpha value is -2.69. The van der Waals surface area contributed by atoms with E-state index in [9.17, 15) is 9.18 Å². The zero-order valence-corrected chi connectivity index (χ0v) is 10.0. The zero-order valence-electron chi connectivity index (χ0n) is 10.0. The number of amides is 2. The molecule has 5 heteroatoms. The van der Waals surface area contributed by atoms with E-state index in [1.807, 2.05) is 18.2 Å². The van der Waals surface area contributed by atoms with E-state index in [-0.39, 0.29) is 5.82 Å². The van der Waals surface area contributed by atoms with Crippen LogP contribution in [-0.2, 0) is 0 Å². The highest BCUT2D eigenvalue weighted by Crippen LogP contribution is 2.04. The van der Waals surface area contributed by atoms with E-state index in [0.29, 0.717) is 11.3 Å². The Morgan fingerprint density at radius 3 is 2.42 bits per heavy atom. The molecule has 0 spiro atoms. The predicted molar refractivity (Wildman–Crippen MR) is 72.6 cm³/mol. The fraction of sp³-hybridized carbons (Fsp3) is 0. The summed E-state index contributed by atoms with van der Waals surface area (Å²) in [4.78, 5) is 11.5. The van der Waals surface area contributed by atoms with Crippen LogP contribution in [0, 0.1) is 5.82 Å². The number of hydrogen-bond acceptors (Lipinski definition) is 2. The van der Waals surface area contributed by atoms with E-state index in [1.165, 1.54) is 18.3 Å². The SMILES string of the molecule is O=C(N/N=C/c1ccc(F)cc1)Nc1ccccc1. The molecule has 96 valence electrons. The number of para-hydroxylation sites is 1. The molecule has 2 amide bonds. The van der Waals surface area contributed by atoms with Crippen LogP contribution in [0.4, 0.5) is 14.9 Å². The van der Waals surface area contributed by atoms with Crippen LogP contribution < -0.4 is 10.7 Å². The first-order chi connectivity index (χ1) is 9.24. The van der Waals surface area contributed by atoms with Gasteiger partial charge in [0.25, 0.3) is 0 Å². The lowest BCUT2D eigenvalue weighted by molar-refractivity contribution is 0.252. The summed E-state index contributed by atoms with van der Waals surface area (Å²) in [5.41, 5.74) is 3.69. The topological polar surface area (TPSA) is 53.5 Å². The molecule has 2 N–H and O–H groups in total. The highest BCUT2D eigenvalue weighted by Gasteiger charge is 1.98. The van der Waals surface area contributed by atoms with Crippen LogP contribution in [0.2, 0.25) is 0 Å². The number of halogens is 1. The van der Waals surface area contributed by atoms with Gasteiger partial charge < -0.3 is 5.32 Å². The van der Waals surface area contributed by atoms with Crippen LogP contribution in [0.3, 0.4) is 0 Å². The van der Waals surface area contributed by atoms with Crippen LogP contribution in [0.5, 0.6) is 0 Å². The molecule has 2 aromatic rings. The molecule has 0 aliphatic heterocycles. The van der Waals surface area contributed by atoms with Crippen molar-refractivity contribution >= 4 is 17.9 Å². The van der Waals surface area contributed by atoms with Crippen molar-refractivity contribution in [3.8, 4) is 0 Å². The number of hydrazone groups is 1. The van der Waals surface area contributed by atoms with E-state index in [4.69, 9.17) is 0 Å². The van der Waals surface area contributed by atoms with Crippen molar-refractivity contribution in [2.45, 2.75) is 0 Å². The number of carbonyl (C=O) groups excluding carboxylic acids is 1. The summed E-state index contributed by atoms with van der Waals surface area (Å²) in [6.45, 7) is 0. The molecule has 19 heavy (non-hydrogen) atoms. The Kier molecular flexibility index (Phi) is 4.23. The molecule has 2 rings (SSSR count). The van der Waals surface area contributed by atoms with Gasteiger partial charge in [0.1, 0.15) is 5.82 Å². The number of hydrogen-bond donors (Lipinski definition) is 2. The van der Waals surface area contributed by atoms with E-state index in [1.54, 1.807) is 24.3 Å². The number of rotatable bonds is 3. The molecule has 0 aliphatic carbocycles. The maximum Gasteiger partial charge on any atom is 0.339 e. The fourth-order valence-corrected chi connectivity index (χ4v) is 1.39. The van der Waals surface area contributed by atoms with Crippen molar-refractivity contribution in [1.82, 2.24) is 5.43 Å². The Morgan fingerprint density at radius 1 is 1.05 bits per heavy atom. The van der Waals surface area contributed by atoms with Crippen molar-refractivity contribution in [3.05, 3.63) is 66.0 Å². The Bertz CT molecular complexity index is 567. The van der Waals surface area contributed by atoms with Gasteiger partial charge in [-0.3, -0.25) is 0 Å². The number of benzene rings is 2. The van der Waals surface area contributed by atoms with Gasteiger partial charge in [0.15, 0.2) is 0 Å². The second-order valence-corrected chi connectivity index (χ2v) is 3.74. The van der Waals surface area contributed by atoms with Crippen LogP contribution in [0.15, 0.2) is 59.7 Å². The predicted octanol–water partition coefficient (Wildman–Crippen LogP) is 2.98. The first kappa shape index (κ1) is 12.8. The first-order valence-corrected chi connectivity index (χ1v) is 5.65. The summed E-state index contributed by atoms with van der Waals surface area (Å²) in [6.07, 6.45) is 1.43. The summed E-state index contributed by atoms with van der Waals surface area (Å²) in [7, 11) is 0. The van der Waals surface area contributed by atoms with Gasteiger partial charge in [-0.05, 0) is 29.8 Å². The minimum Gasteiger partial charge on any atom is -0.307 e. The van der Waals surface area contributed by atoms with Gasteiger partial charge in [0.2, 0.25) is 0 Å². The third kappa shape index (κ3) is 4.23. The quantitative estimate of drug-likeness (QED) is 0.644. The number of carbonyl (C=O) groups is 1. The summed E-state index contributed by atoms with van der Waals surface area (Å²) < 4.78 is 12.7. The smallest absolute Gasteiger partial charge is 0.307 e. The summed E-state index contributed by atoms with van der Waals surface area (Å²) in [5.74, 6) is -0.313. The molecule has 0 saturated carbocycles. The van der Waals surface area contributed by atoms with Gasteiger partial charge in [-0.15, -0.1) is 0 Å². The average Bonchev–Trinajstić information content (AvgIpc) is 2.42. The van der Waals surface area contributed by atoms with Gasteiger partial charge in [0.05, 0.1) is 6.21 Å². The van der Waals surface area contributed by atoms with Gasteiger partial charge in [0, 0.05) is 5.69 Å². The van der Waals surface area contributed by atoms with Gasteiger partial charge in [-0.25, -0.2) is 14.6 Å². The Labute approximate surface area is 110 Å². The minimum absolute atomic E-state index is 0.313. The van der Waals surface area contributed by atoms with Gasteiger partial charge >= 0.3 is 6.03 Å². The molecule has 0 atom stereocenters. The number of nitrogens with one attached hydrogen (secondary N) is 2. The fourth-order valence-electron chi connectivity index (χ4n) is 1.39. The molecule has 0 unspecified atom stereocenters. The lowest BCUT2D eigenvalue weighted by atomic mass is 10.2. The minimum atomic E-state index is -0.440. The highest BCUT2D eigenvalue weighted by atomic mass is 19.1. The average molecular weight is 257 g/mol. The molecule has 0 bridgehead atoms. The molecular formula is C14H12FN3O. The van der Waals surface area contributed by atoms with E-state index >= 15 is 0 Å². The van der Waals surface area contributed by atoms with Crippen molar-refractivity contribution in [2.24, 2.45) is 5.10 Å². The highest BCUT2D eigenvalue weighted by molar-refractivity contribution is 5.90. The maximum absolute atomic E-state index is 12.7. The second kappa shape index (κ2) is 6.30. The molecule has 0 fully saturated rings. The van der Waals surface area contributed by atoms with Crippen molar-refractivity contribution < 1.29 is 9.18 Å². The lowest BCUT2D eigenvalue weighted by Gasteiger charge is -2.02. The lowest BCUT2D eigenvalue weighted by Crippen LogP contribution is -2.24.